The first-order valence-corrected chi connectivity index (χ1v) is 7.99. The van der Waals surface area contributed by atoms with Gasteiger partial charge >= 0.3 is 0 Å². The fraction of sp³-hybridized carbons (Fsp3) is 0.400. The maximum Gasteiger partial charge on any atom is 0.183 e. The minimum Gasteiger partial charge on any atom is -0.488 e. The molecule has 0 fully saturated rings. The van der Waals surface area contributed by atoms with Crippen molar-refractivity contribution < 1.29 is 9.22 Å². The second-order valence-electron chi connectivity index (χ2n) is 5.82. The monoisotopic (exact) mass is 326 g/mol. The summed E-state index contributed by atoms with van der Waals surface area (Å²) in [6.45, 7) is 2.42. The number of ether oxygens (including phenoxy) is 1. The number of aromatic nitrogens is 1. The number of likely N-dealkylation sites (N-methyl/N-ethyl adjacent to an activating group) is 1. The van der Waals surface area contributed by atoms with Crippen molar-refractivity contribution in [3.8, 4) is 5.75 Å². The summed E-state index contributed by atoms with van der Waals surface area (Å²) in [4.78, 5) is 5.13. The van der Waals surface area contributed by atoms with Gasteiger partial charge in [0.25, 0.3) is 0 Å². The third-order valence-electron chi connectivity index (χ3n) is 2.88. The smallest absolute Gasteiger partial charge is 0.183 e. The number of nitrogens with zero attached hydrogens (tertiary/aromatic N) is 2. The normalized spacial score (nSPS) is 11.4. The number of nitrogens with one attached hydrogen (secondary N) is 1. The van der Waals surface area contributed by atoms with Crippen molar-refractivity contribution in [2.45, 2.75) is 6.54 Å². The van der Waals surface area contributed by atoms with Crippen LogP contribution >= 0.6 is 22.9 Å². The number of hydrogen-bond acceptors (Lipinski definition) is 4. The Labute approximate surface area is 134 Å². The summed E-state index contributed by atoms with van der Waals surface area (Å²) in [5.41, 5.74) is 1.05. The van der Waals surface area contributed by atoms with E-state index in [-0.39, 0.29) is 0 Å². The fourth-order valence-electron chi connectivity index (χ4n) is 1.66. The molecule has 1 N–H and O–H groups in total. The first kappa shape index (κ1) is 16.1. The zero-order valence-corrected chi connectivity index (χ0v) is 14.2. The van der Waals surface area contributed by atoms with Crippen LogP contribution in [0.25, 0.3) is 0 Å². The number of rotatable bonds is 7. The van der Waals surface area contributed by atoms with Gasteiger partial charge in [-0.05, 0) is 24.3 Å². The summed E-state index contributed by atoms with van der Waals surface area (Å²) >= 11 is 7.29. The van der Waals surface area contributed by atoms with Gasteiger partial charge in [0.15, 0.2) is 4.47 Å². The van der Waals surface area contributed by atoms with Crippen LogP contribution in [-0.4, -0.2) is 43.8 Å². The Bertz CT molecular complexity index is 563. The number of hydrogen-bond donors (Lipinski definition) is 1. The van der Waals surface area contributed by atoms with E-state index in [4.69, 9.17) is 16.3 Å². The Balaban J connectivity index is 1.79. The maximum atomic E-state index is 5.81. The third kappa shape index (κ3) is 5.91. The Morgan fingerprint density at radius 3 is 2.52 bits per heavy atom. The quantitative estimate of drug-likeness (QED) is 0.791. The van der Waals surface area contributed by atoms with E-state index in [0.29, 0.717) is 4.47 Å². The number of thiazole rings is 1. The van der Waals surface area contributed by atoms with Gasteiger partial charge in [0.1, 0.15) is 18.9 Å². The van der Waals surface area contributed by atoms with Gasteiger partial charge in [-0.25, -0.2) is 4.98 Å². The summed E-state index contributed by atoms with van der Waals surface area (Å²) in [5, 5.41) is 3.33. The summed E-state index contributed by atoms with van der Waals surface area (Å²) in [6, 6.07) is 8.00. The SMILES string of the molecule is C[N+](C)(C)CCOc1ccc(NCc2cnc(Cl)s2)cc1. The molecule has 1 aromatic carbocycles. The lowest BCUT2D eigenvalue weighted by Gasteiger charge is -2.23. The molecule has 0 spiro atoms. The summed E-state index contributed by atoms with van der Waals surface area (Å²) < 4.78 is 7.21. The highest BCUT2D eigenvalue weighted by molar-refractivity contribution is 7.15. The van der Waals surface area contributed by atoms with Crippen LogP contribution in [0.1, 0.15) is 4.88 Å². The molecule has 6 heteroatoms. The van der Waals surface area contributed by atoms with E-state index in [9.17, 15) is 0 Å². The first-order valence-electron chi connectivity index (χ1n) is 6.80. The molecule has 0 saturated heterocycles. The van der Waals surface area contributed by atoms with Crippen molar-refractivity contribution in [3.05, 3.63) is 39.8 Å². The van der Waals surface area contributed by atoms with E-state index in [1.807, 2.05) is 24.3 Å². The van der Waals surface area contributed by atoms with Crippen LogP contribution in [-0.2, 0) is 6.54 Å². The van der Waals surface area contributed by atoms with Crippen LogP contribution < -0.4 is 10.1 Å². The first-order chi connectivity index (χ1) is 9.92. The Morgan fingerprint density at radius 1 is 1.24 bits per heavy atom. The van der Waals surface area contributed by atoms with E-state index in [2.05, 4.69) is 31.4 Å². The van der Waals surface area contributed by atoms with Crippen molar-refractivity contribution in [1.82, 2.24) is 4.98 Å². The summed E-state index contributed by atoms with van der Waals surface area (Å²) in [7, 11) is 6.46. The average molecular weight is 327 g/mol. The van der Waals surface area contributed by atoms with Crippen LogP contribution in [0.15, 0.2) is 30.5 Å². The average Bonchev–Trinajstić information content (AvgIpc) is 2.82. The van der Waals surface area contributed by atoms with Crippen molar-refractivity contribution in [2.24, 2.45) is 0 Å². The third-order valence-corrected chi connectivity index (χ3v) is 3.99. The molecule has 1 aromatic heterocycles. The van der Waals surface area contributed by atoms with Crippen molar-refractivity contribution in [2.75, 3.05) is 39.6 Å². The highest BCUT2D eigenvalue weighted by Crippen LogP contribution is 2.20. The molecule has 0 saturated carbocycles. The minimum atomic E-state index is 0.577. The van der Waals surface area contributed by atoms with Gasteiger partial charge < -0.3 is 14.5 Å². The molecule has 0 bridgehead atoms. The zero-order valence-electron chi connectivity index (χ0n) is 12.6. The number of benzene rings is 1. The van der Waals surface area contributed by atoms with Crippen molar-refractivity contribution >= 4 is 28.6 Å². The van der Waals surface area contributed by atoms with E-state index >= 15 is 0 Å². The molecule has 0 aliphatic carbocycles. The van der Waals surface area contributed by atoms with Crippen LogP contribution in [0.2, 0.25) is 4.47 Å². The van der Waals surface area contributed by atoms with E-state index < -0.39 is 0 Å². The fourth-order valence-corrected chi connectivity index (χ4v) is 2.58. The highest BCUT2D eigenvalue weighted by Gasteiger charge is 2.06. The number of halogens is 1. The van der Waals surface area contributed by atoms with Gasteiger partial charge in [0.2, 0.25) is 0 Å². The lowest BCUT2D eigenvalue weighted by atomic mass is 10.3. The lowest BCUT2D eigenvalue weighted by Crippen LogP contribution is -2.38. The van der Waals surface area contributed by atoms with Gasteiger partial charge in [-0.2, -0.15) is 0 Å². The molecule has 21 heavy (non-hydrogen) atoms. The molecular weight excluding hydrogens is 306 g/mol. The van der Waals surface area contributed by atoms with E-state index in [0.717, 1.165) is 40.5 Å². The Hall–Kier alpha value is -1.30. The molecule has 1 heterocycles. The molecule has 0 amide bonds. The summed E-state index contributed by atoms with van der Waals surface area (Å²) in [6.07, 6.45) is 1.79. The lowest BCUT2D eigenvalue weighted by molar-refractivity contribution is -0.870. The molecule has 0 atom stereocenters. The second kappa shape index (κ2) is 7.11. The molecule has 0 unspecified atom stereocenters. The highest BCUT2D eigenvalue weighted by atomic mass is 35.5. The largest absolute Gasteiger partial charge is 0.488 e. The molecule has 4 nitrogen and oxygen atoms in total. The minimum absolute atomic E-state index is 0.577. The van der Waals surface area contributed by atoms with Gasteiger partial charge in [0, 0.05) is 16.8 Å². The predicted molar refractivity (Wildman–Crippen MR) is 89.3 cm³/mol. The predicted octanol–water partition coefficient (Wildman–Crippen LogP) is 3.49. The number of quaternary nitrogens is 1. The molecular formula is C15H21ClN3OS+. The van der Waals surface area contributed by atoms with Gasteiger partial charge in [-0.1, -0.05) is 11.6 Å². The topological polar surface area (TPSA) is 34.1 Å². The Kier molecular flexibility index (Phi) is 5.45. The number of anilines is 1. The van der Waals surface area contributed by atoms with Gasteiger partial charge in [0.05, 0.1) is 27.7 Å². The molecule has 2 aromatic rings. The molecule has 0 aliphatic heterocycles. The standard InChI is InChI=1S/C15H21ClN3OS/c1-19(2,3)8-9-20-13-6-4-12(5-7-13)17-10-14-11-18-15(16)21-14/h4-7,11,17H,8-10H2,1-3H3/q+1. The van der Waals surface area contributed by atoms with Gasteiger partial charge in [-0.15, -0.1) is 11.3 Å². The van der Waals surface area contributed by atoms with Crippen LogP contribution in [0.3, 0.4) is 0 Å². The molecule has 0 aliphatic rings. The van der Waals surface area contributed by atoms with Crippen LogP contribution in [0.4, 0.5) is 5.69 Å². The van der Waals surface area contributed by atoms with E-state index in [1.165, 1.54) is 11.3 Å². The second-order valence-corrected chi connectivity index (χ2v) is 7.52. The van der Waals surface area contributed by atoms with Crippen molar-refractivity contribution in [3.63, 3.8) is 0 Å². The van der Waals surface area contributed by atoms with Crippen LogP contribution in [0, 0.1) is 0 Å². The van der Waals surface area contributed by atoms with Crippen molar-refractivity contribution in [1.29, 1.82) is 0 Å². The molecule has 114 valence electrons. The molecule has 2 rings (SSSR count). The van der Waals surface area contributed by atoms with E-state index in [1.54, 1.807) is 6.20 Å². The maximum absolute atomic E-state index is 5.81. The summed E-state index contributed by atoms with van der Waals surface area (Å²) in [5.74, 6) is 0.898. The zero-order chi connectivity index (χ0) is 15.3. The van der Waals surface area contributed by atoms with Crippen LogP contribution in [0.5, 0.6) is 5.75 Å². The molecule has 0 radical (unpaired) electrons. The van der Waals surface area contributed by atoms with Gasteiger partial charge in [-0.3, -0.25) is 0 Å². The Morgan fingerprint density at radius 2 is 1.95 bits per heavy atom.